The van der Waals surface area contributed by atoms with E-state index >= 15 is 0 Å². The summed E-state index contributed by atoms with van der Waals surface area (Å²) in [4.78, 5) is 6.71. The monoisotopic (exact) mass is 296 g/mol. The van der Waals surface area contributed by atoms with E-state index in [2.05, 4.69) is 9.55 Å². The molecule has 20 heavy (non-hydrogen) atoms. The lowest BCUT2D eigenvalue weighted by Gasteiger charge is -2.16. The smallest absolute Gasteiger partial charge is 0.124 e. The lowest BCUT2D eigenvalue weighted by Crippen LogP contribution is -2.24. The van der Waals surface area contributed by atoms with Crippen molar-refractivity contribution in [2.75, 3.05) is 26.7 Å². The zero-order valence-corrected chi connectivity index (χ0v) is 12.5. The van der Waals surface area contributed by atoms with Crippen molar-refractivity contribution < 1.29 is 5.11 Å². The number of aliphatic hydroxyl groups excluding tert-OH is 1. The minimum absolute atomic E-state index is 0.144. The van der Waals surface area contributed by atoms with Gasteiger partial charge in [0.15, 0.2) is 0 Å². The molecule has 0 amide bonds. The Morgan fingerprint density at radius 3 is 2.95 bits per heavy atom. The largest absolute Gasteiger partial charge is 0.395 e. The summed E-state index contributed by atoms with van der Waals surface area (Å²) in [7, 11) is 1.97. The number of fused-ring (bicyclic) bond motifs is 1. The summed E-state index contributed by atoms with van der Waals surface area (Å²) in [6.45, 7) is 2.96. The Labute approximate surface area is 124 Å². The van der Waals surface area contributed by atoms with Crippen LogP contribution in [0.25, 0.3) is 11.0 Å². The molecule has 0 aliphatic rings. The van der Waals surface area contributed by atoms with Crippen LogP contribution in [0.2, 0.25) is 5.02 Å². The Morgan fingerprint density at radius 2 is 2.25 bits per heavy atom. The summed E-state index contributed by atoms with van der Waals surface area (Å²) >= 11 is 6.03. The van der Waals surface area contributed by atoms with Crippen LogP contribution in [0, 0.1) is 0 Å². The fourth-order valence-electron chi connectivity index (χ4n) is 2.26. The van der Waals surface area contributed by atoms with Gasteiger partial charge in [0.05, 0.1) is 24.2 Å². The third-order valence-electron chi connectivity index (χ3n) is 3.27. The average Bonchev–Trinajstić information content (AvgIpc) is 2.73. The maximum atomic E-state index is 9.00. The number of imidazole rings is 1. The summed E-state index contributed by atoms with van der Waals surface area (Å²) < 4.78 is 2.19. The molecule has 0 fully saturated rings. The van der Waals surface area contributed by atoms with E-state index in [1.54, 1.807) is 0 Å². The van der Waals surface area contributed by atoms with Crippen LogP contribution in [-0.2, 0) is 13.1 Å². The molecule has 2 rings (SSSR count). The number of halogens is 1. The second-order valence-electron chi connectivity index (χ2n) is 4.92. The van der Waals surface area contributed by atoms with E-state index < -0.39 is 0 Å². The molecule has 0 aliphatic carbocycles. The summed E-state index contributed by atoms with van der Waals surface area (Å²) in [5.41, 5.74) is 7.60. The Hall–Kier alpha value is -1.14. The van der Waals surface area contributed by atoms with Gasteiger partial charge in [0.1, 0.15) is 5.82 Å². The van der Waals surface area contributed by atoms with Crippen LogP contribution < -0.4 is 5.73 Å². The van der Waals surface area contributed by atoms with E-state index in [1.807, 2.05) is 30.1 Å². The van der Waals surface area contributed by atoms with Crippen LogP contribution in [0.15, 0.2) is 18.2 Å². The van der Waals surface area contributed by atoms with Gasteiger partial charge in [0.2, 0.25) is 0 Å². The molecular weight excluding hydrogens is 276 g/mol. The molecule has 0 unspecified atom stereocenters. The third kappa shape index (κ3) is 3.49. The maximum Gasteiger partial charge on any atom is 0.124 e. The molecule has 1 heterocycles. The SMILES string of the molecule is CN(CCO)Cc1nc2cc(Cl)ccc2n1CCCN. The van der Waals surface area contributed by atoms with Crippen molar-refractivity contribution in [1.82, 2.24) is 14.5 Å². The van der Waals surface area contributed by atoms with E-state index in [-0.39, 0.29) is 6.61 Å². The van der Waals surface area contributed by atoms with Gasteiger partial charge in [-0.1, -0.05) is 11.6 Å². The van der Waals surface area contributed by atoms with Crippen molar-refractivity contribution in [3.63, 3.8) is 0 Å². The van der Waals surface area contributed by atoms with E-state index in [4.69, 9.17) is 22.4 Å². The van der Waals surface area contributed by atoms with Crippen LogP contribution in [0.5, 0.6) is 0 Å². The predicted molar refractivity (Wildman–Crippen MR) is 81.8 cm³/mol. The summed E-state index contributed by atoms with van der Waals surface area (Å²) in [6, 6.07) is 5.76. The van der Waals surface area contributed by atoms with E-state index in [0.717, 1.165) is 29.8 Å². The van der Waals surface area contributed by atoms with Crippen molar-refractivity contribution in [2.24, 2.45) is 5.73 Å². The Balaban J connectivity index is 2.34. The molecule has 1 aromatic carbocycles. The molecule has 5 nitrogen and oxygen atoms in total. The average molecular weight is 297 g/mol. The second-order valence-corrected chi connectivity index (χ2v) is 5.35. The highest BCUT2D eigenvalue weighted by atomic mass is 35.5. The van der Waals surface area contributed by atoms with E-state index in [0.29, 0.717) is 24.7 Å². The number of aromatic nitrogens is 2. The van der Waals surface area contributed by atoms with E-state index in [1.165, 1.54) is 0 Å². The Morgan fingerprint density at radius 1 is 1.45 bits per heavy atom. The first-order valence-corrected chi connectivity index (χ1v) is 7.17. The predicted octanol–water partition coefficient (Wildman–Crippen LogP) is 1.46. The van der Waals surface area contributed by atoms with Crippen molar-refractivity contribution in [2.45, 2.75) is 19.5 Å². The molecule has 0 bridgehead atoms. The summed E-state index contributed by atoms with van der Waals surface area (Å²) in [5, 5.41) is 9.69. The zero-order chi connectivity index (χ0) is 14.5. The quantitative estimate of drug-likeness (QED) is 0.812. The fraction of sp³-hybridized carbons (Fsp3) is 0.500. The van der Waals surface area contributed by atoms with Crippen LogP contribution >= 0.6 is 11.6 Å². The highest BCUT2D eigenvalue weighted by molar-refractivity contribution is 6.31. The number of benzene rings is 1. The van der Waals surface area contributed by atoms with Gasteiger partial charge < -0.3 is 15.4 Å². The van der Waals surface area contributed by atoms with Crippen LogP contribution in [0.3, 0.4) is 0 Å². The lowest BCUT2D eigenvalue weighted by molar-refractivity contribution is 0.213. The number of aliphatic hydroxyl groups is 1. The highest BCUT2D eigenvalue weighted by Gasteiger charge is 2.12. The van der Waals surface area contributed by atoms with Gasteiger partial charge in [0.25, 0.3) is 0 Å². The molecule has 0 saturated heterocycles. The number of hydrogen-bond acceptors (Lipinski definition) is 4. The number of likely N-dealkylation sites (N-methyl/N-ethyl adjacent to an activating group) is 1. The molecule has 0 aliphatic heterocycles. The number of aryl methyl sites for hydroxylation is 1. The molecule has 0 radical (unpaired) electrons. The second kappa shape index (κ2) is 7.04. The van der Waals surface area contributed by atoms with Crippen LogP contribution in [0.1, 0.15) is 12.2 Å². The molecule has 2 aromatic rings. The Bertz CT molecular complexity index is 570. The Kier molecular flexibility index (Phi) is 5.37. The molecule has 0 spiro atoms. The number of hydrogen-bond donors (Lipinski definition) is 2. The van der Waals surface area contributed by atoms with E-state index in [9.17, 15) is 0 Å². The van der Waals surface area contributed by atoms with Gasteiger partial charge in [-0.2, -0.15) is 0 Å². The molecule has 6 heteroatoms. The summed E-state index contributed by atoms with van der Waals surface area (Å²) in [6.07, 6.45) is 0.908. The first-order chi connectivity index (χ1) is 9.65. The van der Waals surface area contributed by atoms with Crippen LogP contribution in [-0.4, -0.2) is 46.3 Å². The van der Waals surface area contributed by atoms with Crippen molar-refractivity contribution in [1.29, 1.82) is 0 Å². The molecule has 0 atom stereocenters. The fourth-order valence-corrected chi connectivity index (χ4v) is 2.43. The zero-order valence-electron chi connectivity index (χ0n) is 11.7. The van der Waals surface area contributed by atoms with Gasteiger partial charge >= 0.3 is 0 Å². The summed E-state index contributed by atoms with van der Waals surface area (Å²) in [5.74, 6) is 0.978. The molecule has 3 N–H and O–H groups in total. The van der Waals surface area contributed by atoms with Gasteiger partial charge in [0, 0.05) is 18.1 Å². The molecule has 0 saturated carbocycles. The standard InChI is InChI=1S/C14H21ClN4O/c1-18(7-8-20)10-14-17-12-9-11(15)3-4-13(12)19(14)6-2-5-16/h3-4,9,20H,2,5-8,10,16H2,1H3. The number of nitrogens with two attached hydrogens (primary N) is 1. The minimum Gasteiger partial charge on any atom is -0.395 e. The molecule has 110 valence electrons. The number of nitrogens with zero attached hydrogens (tertiary/aromatic N) is 3. The molecular formula is C14H21ClN4O. The van der Waals surface area contributed by atoms with Gasteiger partial charge in [-0.05, 0) is 38.2 Å². The lowest BCUT2D eigenvalue weighted by atomic mass is 10.3. The maximum absolute atomic E-state index is 9.00. The first kappa shape index (κ1) is 15.3. The van der Waals surface area contributed by atoms with Gasteiger partial charge in [-0.3, -0.25) is 4.90 Å². The topological polar surface area (TPSA) is 67.3 Å². The minimum atomic E-state index is 0.144. The highest BCUT2D eigenvalue weighted by Crippen LogP contribution is 2.21. The van der Waals surface area contributed by atoms with Crippen molar-refractivity contribution in [3.8, 4) is 0 Å². The van der Waals surface area contributed by atoms with Crippen molar-refractivity contribution in [3.05, 3.63) is 29.0 Å². The first-order valence-electron chi connectivity index (χ1n) is 6.80. The van der Waals surface area contributed by atoms with Gasteiger partial charge in [-0.25, -0.2) is 4.98 Å². The normalized spacial score (nSPS) is 11.7. The van der Waals surface area contributed by atoms with Crippen molar-refractivity contribution >= 4 is 22.6 Å². The number of rotatable bonds is 7. The molecule has 1 aromatic heterocycles. The third-order valence-corrected chi connectivity index (χ3v) is 3.50. The van der Waals surface area contributed by atoms with Gasteiger partial charge in [-0.15, -0.1) is 0 Å². The van der Waals surface area contributed by atoms with Crippen LogP contribution in [0.4, 0.5) is 0 Å².